The first-order chi connectivity index (χ1) is 9.44. The minimum atomic E-state index is -3.24. The molecule has 1 amide bonds. The molecule has 20 heavy (non-hydrogen) atoms. The molecule has 5 nitrogen and oxygen atoms in total. The summed E-state index contributed by atoms with van der Waals surface area (Å²) in [5.74, 6) is 0.379. The average molecular weight is 292 g/mol. The Morgan fingerprint density at radius 3 is 3.00 bits per heavy atom. The highest BCUT2D eigenvalue weighted by Gasteiger charge is 2.30. The Bertz CT molecular complexity index is 565. The number of amides is 1. The molecule has 2 rings (SSSR count). The van der Waals surface area contributed by atoms with Crippen molar-refractivity contribution in [3.8, 4) is 5.75 Å². The maximum Gasteiger partial charge on any atom is 0.253 e. The standard InChI is InChI=1S/C13H18BN2O3P/c1-3-4-7-15-13(17)10-5-6-12-11(8-10)9-16(2)20(14,18)19-12/h5-6,8H,3-4,7,9H2,1-2H3,(H,15,17). The van der Waals surface area contributed by atoms with E-state index in [1.165, 1.54) is 4.67 Å². The maximum absolute atomic E-state index is 12.0. The SMILES string of the molecule is [B]P1(=O)Oc2ccc(C(=O)NCCCC)cc2CN1C. The van der Waals surface area contributed by atoms with E-state index < -0.39 is 7.40 Å². The lowest BCUT2D eigenvalue weighted by Crippen LogP contribution is -2.26. The molecule has 0 aromatic heterocycles. The molecule has 1 atom stereocenters. The smallest absolute Gasteiger partial charge is 0.253 e. The van der Waals surface area contributed by atoms with E-state index in [0.29, 0.717) is 24.4 Å². The first kappa shape index (κ1) is 15.1. The Labute approximate surface area is 120 Å². The van der Waals surface area contributed by atoms with Crippen molar-refractivity contribution in [1.29, 1.82) is 0 Å². The number of nitrogens with one attached hydrogen (secondary N) is 1. The summed E-state index contributed by atoms with van der Waals surface area (Å²) in [6.07, 6.45) is 1.99. The molecule has 106 valence electrons. The summed E-state index contributed by atoms with van der Waals surface area (Å²) in [5.41, 5.74) is 1.39. The molecule has 0 aliphatic carbocycles. The van der Waals surface area contributed by atoms with Gasteiger partial charge >= 0.3 is 0 Å². The van der Waals surface area contributed by atoms with Crippen molar-refractivity contribution in [3.05, 3.63) is 29.3 Å². The third-order valence-corrected chi connectivity index (χ3v) is 4.79. The van der Waals surface area contributed by atoms with Gasteiger partial charge in [0.1, 0.15) is 5.75 Å². The third kappa shape index (κ3) is 3.25. The molecule has 0 bridgehead atoms. The van der Waals surface area contributed by atoms with E-state index in [0.717, 1.165) is 18.4 Å². The van der Waals surface area contributed by atoms with Gasteiger partial charge in [0.2, 0.25) is 7.57 Å². The Morgan fingerprint density at radius 1 is 1.55 bits per heavy atom. The Kier molecular flexibility index (Phi) is 4.56. The average Bonchev–Trinajstić information content (AvgIpc) is 2.39. The first-order valence-corrected chi connectivity index (χ1v) is 8.29. The van der Waals surface area contributed by atoms with Crippen LogP contribution in [0.25, 0.3) is 0 Å². The lowest BCUT2D eigenvalue weighted by Gasteiger charge is -2.32. The molecule has 1 aliphatic heterocycles. The van der Waals surface area contributed by atoms with Crippen LogP contribution in [-0.4, -0.2) is 31.7 Å². The van der Waals surface area contributed by atoms with E-state index in [1.807, 2.05) is 0 Å². The summed E-state index contributed by atoms with van der Waals surface area (Å²) in [5, 5.41) is 2.86. The van der Waals surface area contributed by atoms with Gasteiger partial charge in [0.05, 0.1) is 0 Å². The van der Waals surface area contributed by atoms with Crippen molar-refractivity contribution < 1.29 is 13.9 Å². The number of nitrogens with zero attached hydrogens (tertiary/aromatic N) is 1. The zero-order valence-electron chi connectivity index (χ0n) is 11.8. The van der Waals surface area contributed by atoms with Gasteiger partial charge in [-0.05, 0) is 31.7 Å². The number of hydrogen-bond donors (Lipinski definition) is 1. The van der Waals surface area contributed by atoms with Gasteiger partial charge < -0.3 is 9.84 Å². The Morgan fingerprint density at radius 2 is 2.30 bits per heavy atom. The fourth-order valence-corrected chi connectivity index (χ4v) is 2.92. The lowest BCUT2D eigenvalue weighted by atomic mass is 10.1. The molecule has 1 N–H and O–H groups in total. The summed E-state index contributed by atoms with van der Waals surface area (Å²) in [6.45, 7) is 3.14. The van der Waals surface area contributed by atoms with Crippen molar-refractivity contribution >= 4 is 20.9 Å². The molecule has 1 aromatic carbocycles. The second-order valence-corrected chi connectivity index (χ2v) is 6.90. The summed E-state index contributed by atoms with van der Waals surface area (Å²) >= 11 is 0. The van der Waals surface area contributed by atoms with Crippen molar-refractivity contribution in [2.45, 2.75) is 26.3 Å². The molecule has 1 aliphatic rings. The molecule has 0 fully saturated rings. The van der Waals surface area contributed by atoms with Gasteiger partial charge in [-0.25, -0.2) is 4.67 Å². The van der Waals surface area contributed by atoms with Crippen molar-refractivity contribution in [2.24, 2.45) is 0 Å². The van der Waals surface area contributed by atoms with Crippen LogP contribution in [-0.2, 0) is 11.1 Å². The van der Waals surface area contributed by atoms with Crippen LogP contribution in [0.2, 0.25) is 0 Å². The predicted molar refractivity (Wildman–Crippen MR) is 79.1 cm³/mol. The largest absolute Gasteiger partial charge is 0.440 e. The molecule has 0 saturated carbocycles. The van der Waals surface area contributed by atoms with Gasteiger partial charge in [-0.2, -0.15) is 0 Å². The minimum Gasteiger partial charge on any atom is -0.440 e. The van der Waals surface area contributed by atoms with Crippen molar-refractivity contribution in [3.63, 3.8) is 0 Å². The lowest BCUT2D eigenvalue weighted by molar-refractivity contribution is 0.0953. The van der Waals surface area contributed by atoms with E-state index in [-0.39, 0.29) is 5.91 Å². The first-order valence-electron chi connectivity index (χ1n) is 6.65. The topological polar surface area (TPSA) is 58.6 Å². The summed E-state index contributed by atoms with van der Waals surface area (Å²) in [4.78, 5) is 12.0. The second-order valence-electron chi connectivity index (χ2n) is 4.90. The van der Waals surface area contributed by atoms with Crippen molar-refractivity contribution in [1.82, 2.24) is 9.99 Å². The molecule has 1 heterocycles. The molecular weight excluding hydrogens is 274 g/mol. The molecule has 0 spiro atoms. The number of fused-ring (bicyclic) bond motifs is 1. The van der Waals surface area contributed by atoms with Crippen LogP contribution in [0.4, 0.5) is 0 Å². The minimum absolute atomic E-state index is 0.106. The van der Waals surface area contributed by atoms with Gasteiger partial charge in [-0.3, -0.25) is 9.36 Å². The molecule has 1 unspecified atom stereocenters. The number of benzene rings is 1. The van der Waals surface area contributed by atoms with Gasteiger partial charge in [-0.1, -0.05) is 13.3 Å². The fraction of sp³-hybridized carbons (Fsp3) is 0.462. The van der Waals surface area contributed by atoms with Gasteiger partial charge in [0, 0.05) is 24.2 Å². The quantitative estimate of drug-likeness (QED) is 0.525. The highest BCUT2D eigenvalue weighted by atomic mass is 31.2. The normalized spacial score (nSPS) is 21.9. The third-order valence-electron chi connectivity index (χ3n) is 3.24. The molecule has 7 heteroatoms. The number of carbonyl (C=O) groups is 1. The highest BCUT2D eigenvalue weighted by Crippen LogP contribution is 2.50. The van der Waals surface area contributed by atoms with Gasteiger partial charge in [0.15, 0.2) is 0 Å². The Balaban J connectivity index is 2.15. The number of carbonyl (C=O) groups excluding carboxylic acids is 1. The van der Waals surface area contributed by atoms with E-state index >= 15 is 0 Å². The number of unbranched alkanes of at least 4 members (excludes halogenated alkanes) is 1. The van der Waals surface area contributed by atoms with Crippen molar-refractivity contribution in [2.75, 3.05) is 13.6 Å². The number of hydrogen-bond acceptors (Lipinski definition) is 3. The summed E-state index contributed by atoms with van der Waals surface area (Å²) in [6, 6.07) is 5.06. The molecule has 1 aromatic rings. The van der Waals surface area contributed by atoms with Crippen LogP contribution in [0.3, 0.4) is 0 Å². The van der Waals surface area contributed by atoms with Crippen LogP contribution >= 0.6 is 7.40 Å². The fourth-order valence-electron chi connectivity index (χ4n) is 1.97. The van der Waals surface area contributed by atoms with Crippen LogP contribution in [0.1, 0.15) is 35.7 Å². The van der Waals surface area contributed by atoms with E-state index in [2.05, 4.69) is 12.2 Å². The van der Waals surface area contributed by atoms with E-state index in [1.54, 1.807) is 25.2 Å². The molecular formula is C13H18BN2O3P. The maximum atomic E-state index is 12.0. The molecule has 2 radical (unpaired) electrons. The highest BCUT2D eigenvalue weighted by molar-refractivity contribution is 7.81. The summed E-state index contributed by atoms with van der Waals surface area (Å²) in [7, 11) is 3.99. The monoisotopic (exact) mass is 292 g/mol. The second kappa shape index (κ2) is 6.02. The van der Waals surface area contributed by atoms with Gasteiger partial charge in [0.25, 0.3) is 13.3 Å². The summed E-state index contributed by atoms with van der Waals surface area (Å²) < 4.78 is 18.7. The zero-order chi connectivity index (χ0) is 14.8. The van der Waals surface area contributed by atoms with Crippen LogP contribution in [0.15, 0.2) is 18.2 Å². The zero-order valence-corrected chi connectivity index (χ0v) is 12.7. The molecule has 0 saturated heterocycles. The van der Waals surface area contributed by atoms with E-state index in [9.17, 15) is 9.36 Å². The van der Waals surface area contributed by atoms with Crippen LogP contribution in [0, 0.1) is 0 Å². The predicted octanol–water partition coefficient (Wildman–Crippen LogP) is 2.32. The van der Waals surface area contributed by atoms with Crippen LogP contribution in [0.5, 0.6) is 5.75 Å². The van der Waals surface area contributed by atoms with E-state index in [4.69, 9.17) is 12.1 Å². The van der Waals surface area contributed by atoms with Crippen LogP contribution < -0.4 is 9.84 Å². The van der Waals surface area contributed by atoms with Gasteiger partial charge in [-0.15, -0.1) is 0 Å². The number of rotatable bonds is 4. The Hall–Kier alpha value is -1.26.